The van der Waals surface area contributed by atoms with E-state index >= 15 is 0 Å². The smallest absolute Gasteiger partial charge is 0.241 e. The molecule has 1 aliphatic heterocycles. The molecule has 33 heavy (non-hydrogen) atoms. The quantitative estimate of drug-likeness (QED) is 0.575. The number of carbonyl (C=O) groups is 2. The number of para-hydroxylation sites is 1. The maximum atomic E-state index is 13.8. The molecule has 1 aliphatic carbocycles. The van der Waals surface area contributed by atoms with E-state index < -0.39 is 5.25 Å². The molecule has 0 saturated heterocycles. The van der Waals surface area contributed by atoms with Crippen molar-refractivity contribution in [3.8, 4) is 0 Å². The molecule has 0 spiro atoms. The van der Waals surface area contributed by atoms with E-state index in [1.807, 2.05) is 30.0 Å². The zero-order chi connectivity index (χ0) is 23.4. The fraction of sp³-hybridized carbons (Fsp3) is 0.500. The van der Waals surface area contributed by atoms with Crippen LogP contribution in [0, 0.1) is 19.8 Å². The second-order valence-electron chi connectivity index (χ2n) is 9.70. The monoisotopic (exact) mass is 464 g/mol. The topological polar surface area (TPSA) is 49.4 Å². The van der Waals surface area contributed by atoms with Gasteiger partial charge in [-0.2, -0.15) is 0 Å². The molecule has 5 heteroatoms. The fourth-order valence-corrected chi connectivity index (χ4v) is 6.22. The molecule has 0 bridgehead atoms. The molecule has 2 atom stereocenters. The van der Waals surface area contributed by atoms with Gasteiger partial charge in [-0.05, 0) is 49.9 Å². The molecule has 2 aromatic carbocycles. The Balaban J connectivity index is 1.54. The Hall–Kier alpha value is -2.27. The Morgan fingerprint density at radius 1 is 1.06 bits per heavy atom. The molecule has 2 aliphatic rings. The molecule has 4 nitrogen and oxygen atoms in total. The number of nitrogens with one attached hydrogen (secondary N) is 1. The van der Waals surface area contributed by atoms with Gasteiger partial charge in [-0.15, -0.1) is 11.8 Å². The van der Waals surface area contributed by atoms with Crippen LogP contribution in [0.25, 0.3) is 0 Å². The first kappa shape index (κ1) is 23.9. The molecule has 1 N–H and O–H groups in total. The summed E-state index contributed by atoms with van der Waals surface area (Å²) < 4.78 is 0. The van der Waals surface area contributed by atoms with Crippen LogP contribution in [0.2, 0.25) is 0 Å². The van der Waals surface area contributed by atoms with E-state index in [0.29, 0.717) is 6.54 Å². The minimum Gasteiger partial charge on any atom is -0.353 e. The lowest BCUT2D eigenvalue weighted by Gasteiger charge is -2.36. The molecule has 1 fully saturated rings. The summed E-state index contributed by atoms with van der Waals surface area (Å²) in [5, 5.41) is 2.87. The molecule has 0 unspecified atom stereocenters. The van der Waals surface area contributed by atoms with E-state index in [2.05, 4.69) is 43.4 Å². The van der Waals surface area contributed by atoms with Crippen LogP contribution in [0.1, 0.15) is 68.6 Å². The summed E-state index contributed by atoms with van der Waals surface area (Å²) >= 11 is 1.54. The summed E-state index contributed by atoms with van der Waals surface area (Å²) in [4.78, 5) is 29.9. The normalized spacial score (nSPS) is 20.5. The molecule has 176 valence electrons. The van der Waals surface area contributed by atoms with Gasteiger partial charge in [0.05, 0.1) is 18.2 Å². The van der Waals surface area contributed by atoms with Gasteiger partial charge in [-0.25, -0.2) is 0 Å². The average Bonchev–Trinajstić information content (AvgIpc) is 2.79. The second-order valence-corrected chi connectivity index (χ2v) is 10.9. The van der Waals surface area contributed by atoms with Crippen molar-refractivity contribution in [3.63, 3.8) is 0 Å². The zero-order valence-electron chi connectivity index (χ0n) is 20.1. The molecule has 0 radical (unpaired) electrons. The van der Waals surface area contributed by atoms with Crippen LogP contribution in [-0.4, -0.2) is 23.1 Å². The predicted molar refractivity (Wildman–Crippen MR) is 137 cm³/mol. The summed E-state index contributed by atoms with van der Waals surface area (Å²) in [6, 6.07) is 14.7. The van der Waals surface area contributed by atoms with Crippen LogP contribution in [-0.2, 0) is 16.1 Å². The third kappa shape index (κ3) is 5.63. The van der Waals surface area contributed by atoms with Crippen molar-refractivity contribution < 1.29 is 9.59 Å². The molecular formula is C28H36N2O2S. The summed E-state index contributed by atoms with van der Waals surface area (Å²) in [6.45, 7) is 6.61. The number of anilines is 1. The Labute approximate surface area is 202 Å². The molecule has 1 heterocycles. The number of benzene rings is 2. The highest BCUT2D eigenvalue weighted by Crippen LogP contribution is 2.42. The van der Waals surface area contributed by atoms with E-state index in [-0.39, 0.29) is 23.8 Å². The third-order valence-electron chi connectivity index (χ3n) is 7.07. The second kappa shape index (κ2) is 10.8. The van der Waals surface area contributed by atoms with Gasteiger partial charge in [-0.3, -0.25) is 9.59 Å². The number of carbonyl (C=O) groups excluding carboxylic acids is 2. The number of hydrogen-bond donors (Lipinski definition) is 1. The number of fused-ring (bicyclic) bond motifs is 1. The van der Waals surface area contributed by atoms with Crippen molar-refractivity contribution in [1.82, 2.24) is 5.32 Å². The maximum absolute atomic E-state index is 13.8. The van der Waals surface area contributed by atoms with Crippen LogP contribution >= 0.6 is 11.8 Å². The number of hydrogen-bond acceptors (Lipinski definition) is 3. The number of thioether (sulfide) groups is 1. The van der Waals surface area contributed by atoms with Crippen LogP contribution in [0.15, 0.2) is 47.4 Å². The SMILES string of the molecule is Cc1ccc(C)c(CN2C(=O)[C@H]([C@H](C)C(=O)NC3CCCCCCC3)Sc3ccccc32)c1. The Bertz CT molecular complexity index is 997. The van der Waals surface area contributed by atoms with Gasteiger partial charge in [0, 0.05) is 10.9 Å². The predicted octanol–water partition coefficient (Wildman–Crippen LogP) is 6.18. The summed E-state index contributed by atoms with van der Waals surface area (Å²) in [5.74, 6) is -0.347. The number of amides is 2. The Morgan fingerprint density at radius 2 is 1.76 bits per heavy atom. The van der Waals surface area contributed by atoms with Gasteiger partial charge in [-0.1, -0.05) is 74.9 Å². The highest BCUT2D eigenvalue weighted by Gasteiger charge is 2.39. The maximum Gasteiger partial charge on any atom is 0.241 e. The van der Waals surface area contributed by atoms with Crippen LogP contribution in [0.3, 0.4) is 0 Å². The molecule has 0 aromatic heterocycles. The number of nitrogens with zero attached hydrogens (tertiary/aromatic N) is 1. The van der Waals surface area contributed by atoms with Gasteiger partial charge in [0.15, 0.2) is 0 Å². The largest absolute Gasteiger partial charge is 0.353 e. The molecule has 1 saturated carbocycles. The standard InChI is InChI=1S/C28H36N2O2S/c1-19-15-16-20(2)22(17-19)18-30-24-13-9-10-14-25(24)33-26(28(30)32)21(3)27(31)29-23-11-7-5-4-6-8-12-23/h9-10,13-17,21,23,26H,4-8,11-12,18H2,1-3H3,(H,29,31)/t21-,26-/m0/s1. The van der Waals surface area contributed by atoms with Crippen molar-refractivity contribution in [1.29, 1.82) is 0 Å². The summed E-state index contributed by atoms with van der Waals surface area (Å²) in [7, 11) is 0. The lowest BCUT2D eigenvalue weighted by Crippen LogP contribution is -2.48. The van der Waals surface area contributed by atoms with E-state index in [9.17, 15) is 9.59 Å². The summed E-state index contributed by atoms with van der Waals surface area (Å²) in [5.41, 5.74) is 4.45. The minimum absolute atomic E-state index is 0.0116. The average molecular weight is 465 g/mol. The van der Waals surface area contributed by atoms with Gasteiger partial charge >= 0.3 is 0 Å². The van der Waals surface area contributed by atoms with Crippen molar-refractivity contribution in [2.45, 2.75) is 88.4 Å². The van der Waals surface area contributed by atoms with Crippen LogP contribution < -0.4 is 10.2 Å². The van der Waals surface area contributed by atoms with E-state index in [1.54, 1.807) is 11.8 Å². The van der Waals surface area contributed by atoms with Gasteiger partial charge in [0.2, 0.25) is 11.8 Å². The lowest BCUT2D eigenvalue weighted by molar-refractivity contribution is -0.129. The van der Waals surface area contributed by atoms with Crippen LogP contribution in [0.4, 0.5) is 5.69 Å². The van der Waals surface area contributed by atoms with Crippen molar-refractivity contribution in [3.05, 3.63) is 59.2 Å². The van der Waals surface area contributed by atoms with Gasteiger partial charge in [0.1, 0.15) is 5.25 Å². The van der Waals surface area contributed by atoms with E-state index in [0.717, 1.165) is 29.0 Å². The third-order valence-corrected chi connectivity index (χ3v) is 8.53. The highest BCUT2D eigenvalue weighted by molar-refractivity contribution is 8.01. The zero-order valence-corrected chi connectivity index (χ0v) is 20.9. The minimum atomic E-state index is -0.418. The van der Waals surface area contributed by atoms with E-state index in [4.69, 9.17) is 0 Å². The van der Waals surface area contributed by atoms with Gasteiger partial charge in [0.25, 0.3) is 0 Å². The first-order valence-electron chi connectivity index (χ1n) is 12.4. The lowest BCUT2D eigenvalue weighted by atomic mass is 9.95. The molecular weight excluding hydrogens is 428 g/mol. The van der Waals surface area contributed by atoms with Crippen molar-refractivity contribution in [2.24, 2.45) is 5.92 Å². The van der Waals surface area contributed by atoms with E-state index in [1.165, 1.54) is 43.2 Å². The first-order valence-corrected chi connectivity index (χ1v) is 13.3. The first-order chi connectivity index (χ1) is 15.9. The van der Waals surface area contributed by atoms with Crippen molar-refractivity contribution in [2.75, 3.05) is 4.90 Å². The van der Waals surface area contributed by atoms with Crippen molar-refractivity contribution >= 4 is 29.3 Å². The van der Waals surface area contributed by atoms with Crippen LogP contribution in [0.5, 0.6) is 0 Å². The fourth-order valence-electron chi connectivity index (χ4n) is 4.93. The summed E-state index contributed by atoms with van der Waals surface area (Å²) in [6.07, 6.45) is 8.25. The molecule has 4 rings (SSSR count). The highest BCUT2D eigenvalue weighted by atomic mass is 32.2. The Kier molecular flexibility index (Phi) is 7.79. The van der Waals surface area contributed by atoms with Gasteiger partial charge < -0.3 is 10.2 Å². The molecule has 2 amide bonds. The molecule has 2 aromatic rings. The number of aryl methyl sites for hydroxylation is 2. The number of rotatable bonds is 5. The Morgan fingerprint density at radius 3 is 2.52 bits per heavy atom.